The Morgan fingerprint density at radius 1 is 1.50 bits per heavy atom. The highest BCUT2D eigenvalue weighted by Crippen LogP contribution is 2.05. The lowest BCUT2D eigenvalue weighted by Crippen LogP contribution is -2.03. The Morgan fingerprint density at radius 3 is 2.67 bits per heavy atom. The zero-order valence-corrected chi connectivity index (χ0v) is 5.92. The molecule has 0 radical (unpaired) electrons. The number of nitrogens with zero attached hydrogens (tertiary/aromatic N) is 1. The highest BCUT2D eigenvalue weighted by atomic mass is 19.2. The van der Waals surface area contributed by atoms with Crippen LogP contribution in [0.5, 0.6) is 0 Å². The van der Waals surface area contributed by atoms with Gasteiger partial charge in [-0.2, -0.15) is 0 Å². The summed E-state index contributed by atoms with van der Waals surface area (Å²) in [5.41, 5.74) is 0.00130. The van der Waals surface area contributed by atoms with Gasteiger partial charge in [-0.1, -0.05) is 0 Å². The fourth-order valence-corrected chi connectivity index (χ4v) is 0.705. The highest BCUT2D eigenvalue weighted by Gasteiger charge is 2.06. The van der Waals surface area contributed by atoms with Crippen molar-refractivity contribution in [3.63, 3.8) is 0 Å². The van der Waals surface area contributed by atoms with Crippen molar-refractivity contribution < 1.29 is 18.7 Å². The average molecular weight is 173 g/mol. The minimum Gasteiger partial charge on any atom is -0.481 e. The van der Waals surface area contributed by atoms with Crippen molar-refractivity contribution in [2.45, 2.75) is 6.42 Å². The van der Waals surface area contributed by atoms with E-state index in [1.807, 2.05) is 0 Å². The topological polar surface area (TPSA) is 50.2 Å². The molecule has 12 heavy (non-hydrogen) atoms. The molecule has 0 aliphatic heterocycles. The maximum absolute atomic E-state index is 12.4. The van der Waals surface area contributed by atoms with Crippen LogP contribution in [0.15, 0.2) is 12.3 Å². The van der Waals surface area contributed by atoms with Gasteiger partial charge in [-0.25, -0.2) is 8.78 Å². The van der Waals surface area contributed by atoms with Crippen molar-refractivity contribution in [2.24, 2.45) is 0 Å². The Bertz CT molecular complexity index is 314. The van der Waals surface area contributed by atoms with Gasteiger partial charge in [-0.05, 0) is 6.07 Å². The summed E-state index contributed by atoms with van der Waals surface area (Å²) in [6, 6.07) is 0.767. The number of halogens is 2. The fourth-order valence-electron chi connectivity index (χ4n) is 0.705. The fraction of sp³-hybridized carbons (Fsp3) is 0.143. The van der Waals surface area contributed by atoms with Crippen LogP contribution in [-0.2, 0) is 11.2 Å². The SMILES string of the molecule is O=C(O)Cc1cc(F)c(F)cn1. The Hall–Kier alpha value is -1.52. The molecule has 0 amide bonds. The average Bonchev–Trinajstić information content (AvgIpc) is 1.96. The molecule has 1 aromatic rings. The van der Waals surface area contributed by atoms with E-state index in [0.29, 0.717) is 6.20 Å². The summed E-state index contributed by atoms with van der Waals surface area (Å²) < 4.78 is 24.7. The number of aromatic nitrogens is 1. The van der Waals surface area contributed by atoms with E-state index in [9.17, 15) is 13.6 Å². The molecule has 0 saturated heterocycles. The molecule has 0 aromatic carbocycles. The molecule has 0 bridgehead atoms. The van der Waals surface area contributed by atoms with E-state index >= 15 is 0 Å². The second-order valence-corrected chi connectivity index (χ2v) is 2.16. The molecule has 1 rings (SSSR count). The third-order valence-electron chi connectivity index (χ3n) is 1.20. The maximum atomic E-state index is 12.4. The van der Waals surface area contributed by atoms with Crippen molar-refractivity contribution in [3.05, 3.63) is 29.6 Å². The predicted molar refractivity (Wildman–Crippen MR) is 35.5 cm³/mol. The van der Waals surface area contributed by atoms with Crippen LogP contribution >= 0.6 is 0 Å². The second kappa shape index (κ2) is 3.25. The zero-order valence-electron chi connectivity index (χ0n) is 5.92. The van der Waals surface area contributed by atoms with Crippen molar-refractivity contribution in [2.75, 3.05) is 0 Å². The third kappa shape index (κ3) is 1.98. The van der Waals surface area contributed by atoms with E-state index in [0.717, 1.165) is 6.07 Å². The van der Waals surface area contributed by atoms with Crippen molar-refractivity contribution in [1.29, 1.82) is 0 Å². The van der Waals surface area contributed by atoms with Crippen molar-refractivity contribution in [1.82, 2.24) is 4.98 Å². The summed E-state index contributed by atoms with van der Waals surface area (Å²) in [4.78, 5) is 13.5. The first-order valence-electron chi connectivity index (χ1n) is 3.11. The summed E-state index contributed by atoms with van der Waals surface area (Å²) in [6.45, 7) is 0. The lowest BCUT2D eigenvalue weighted by atomic mass is 10.3. The molecule has 1 aromatic heterocycles. The molecular formula is C7H5F2NO2. The number of carboxylic acids is 1. The Balaban J connectivity index is 2.89. The number of rotatable bonds is 2. The lowest BCUT2D eigenvalue weighted by molar-refractivity contribution is -0.136. The maximum Gasteiger partial charge on any atom is 0.309 e. The first-order chi connectivity index (χ1) is 5.59. The first-order valence-corrected chi connectivity index (χ1v) is 3.11. The molecule has 64 valence electrons. The molecule has 3 nitrogen and oxygen atoms in total. The lowest BCUT2D eigenvalue weighted by Gasteiger charge is -1.96. The largest absolute Gasteiger partial charge is 0.481 e. The van der Waals surface area contributed by atoms with Crippen LogP contribution in [0, 0.1) is 11.6 Å². The number of hydrogen-bond acceptors (Lipinski definition) is 2. The smallest absolute Gasteiger partial charge is 0.309 e. The van der Waals surface area contributed by atoms with Crippen molar-refractivity contribution in [3.8, 4) is 0 Å². The van der Waals surface area contributed by atoms with Crippen LogP contribution in [0.2, 0.25) is 0 Å². The molecule has 0 spiro atoms. The molecular weight excluding hydrogens is 168 g/mol. The van der Waals surface area contributed by atoms with Crippen LogP contribution in [0.3, 0.4) is 0 Å². The Kier molecular flexibility index (Phi) is 2.32. The van der Waals surface area contributed by atoms with Gasteiger partial charge in [0.05, 0.1) is 18.3 Å². The minimum absolute atomic E-state index is 0.00130. The van der Waals surface area contributed by atoms with Crippen LogP contribution in [0.4, 0.5) is 8.78 Å². The molecule has 5 heteroatoms. The molecule has 0 fully saturated rings. The number of pyridine rings is 1. The van der Waals surface area contributed by atoms with Gasteiger partial charge in [-0.15, -0.1) is 0 Å². The summed E-state index contributed by atoms with van der Waals surface area (Å²) in [6.07, 6.45) is 0.255. The quantitative estimate of drug-likeness (QED) is 0.725. The van der Waals surface area contributed by atoms with E-state index in [-0.39, 0.29) is 5.69 Å². The molecule has 1 N–H and O–H groups in total. The van der Waals surface area contributed by atoms with Gasteiger partial charge in [0.25, 0.3) is 0 Å². The summed E-state index contributed by atoms with van der Waals surface area (Å²) in [7, 11) is 0. The molecule has 0 saturated carbocycles. The van der Waals surface area contributed by atoms with Gasteiger partial charge in [0, 0.05) is 0 Å². The van der Waals surface area contributed by atoms with E-state index in [1.54, 1.807) is 0 Å². The van der Waals surface area contributed by atoms with E-state index in [1.165, 1.54) is 0 Å². The van der Waals surface area contributed by atoms with Crippen LogP contribution in [-0.4, -0.2) is 16.1 Å². The first kappa shape index (κ1) is 8.58. The number of carbonyl (C=O) groups is 1. The third-order valence-corrected chi connectivity index (χ3v) is 1.20. The van der Waals surface area contributed by atoms with Gasteiger partial charge in [0.2, 0.25) is 0 Å². The predicted octanol–water partition coefficient (Wildman–Crippen LogP) is 0.987. The van der Waals surface area contributed by atoms with Gasteiger partial charge in [-0.3, -0.25) is 9.78 Å². The summed E-state index contributed by atoms with van der Waals surface area (Å²) in [5.74, 6) is -3.29. The van der Waals surface area contributed by atoms with E-state index in [2.05, 4.69) is 4.98 Å². The van der Waals surface area contributed by atoms with Gasteiger partial charge in [0.1, 0.15) is 0 Å². The zero-order chi connectivity index (χ0) is 9.14. The Morgan fingerprint density at radius 2 is 2.17 bits per heavy atom. The van der Waals surface area contributed by atoms with Crippen LogP contribution in [0.1, 0.15) is 5.69 Å². The van der Waals surface area contributed by atoms with Gasteiger partial charge < -0.3 is 5.11 Å². The van der Waals surface area contributed by atoms with E-state index < -0.39 is 24.0 Å². The number of carboxylic acid groups (broad SMARTS) is 1. The molecule has 0 aliphatic rings. The second-order valence-electron chi connectivity index (χ2n) is 2.16. The van der Waals surface area contributed by atoms with Crippen molar-refractivity contribution >= 4 is 5.97 Å². The summed E-state index contributed by atoms with van der Waals surface area (Å²) >= 11 is 0. The highest BCUT2D eigenvalue weighted by molar-refractivity contribution is 5.69. The number of aliphatic carboxylic acids is 1. The van der Waals surface area contributed by atoms with Gasteiger partial charge in [0.15, 0.2) is 11.6 Å². The minimum atomic E-state index is -1.13. The monoisotopic (exact) mass is 173 g/mol. The van der Waals surface area contributed by atoms with Crippen LogP contribution in [0.25, 0.3) is 0 Å². The standard InChI is InChI=1S/C7H5F2NO2/c8-5-1-4(2-7(11)12)10-3-6(5)9/h1,3H,2H2,(H,11,12). The molecule has 0 atom stereocenters. The van der Waals surface area contributed by atoms with E-state index in [4.69, 9.17) is 5.11 Å². The molecule has 0 aliphatic carbocycles. The van der Waals surface area contributed by atoms with Crippen LogP contribution < -0.4 is 0 Å². The Labute approximate surface area is 66.7 Å². The molecule has 0 unspecified atom stereocenters. The van der Waals surface area contributed by atoms with Gasteiger partial charge >= 0.3 is 5.97 Å². The summed E-state index contributed by atoms with van der Waals surface area (Å²) in [5, 5.41) is 8.27. The number of hydrogen-bond donors (Lipinski definition) is 1. The normalized spacial score (nSPS) is 9.83. The molecule has 1 heterocycles.